The first-order valence-corrected chi connectivity index (χ1v) is 7.08. The molecule has 1 saturated heterocycles. The highest BCUT2D eigenvalue weighted by molar-refractivity contribution is 4.87. The van der Waals surface area contributed by atoms with Crippen LogP contribution in [0.25, 0.3) is 0 Å². The summed E-state index contributed by atoms with van der Waals surface area (Å²) in [6.07, 6.45) is 1.36. The molecule has 0 aromatic carbocycles. The largest absolute Gasteiger partial charge is 0.311 e. The Morgan fingerprint density at radius 1 is 1.18 bits per heavy atom. The maximum Gasteiger partial charge on any atom is 0.0192 e. The van der Waals surface area contributed by atoms with Crippen molar-refractivity contribution in [2.75, 3.05) is 19.6 Å². The van der Waals surface area contributed by atoms with Crippen LogP contribution >= 0.6 is 0 Å². The van der Waals surface area contributed by atoms with Gasteiger partial charge in [-0.2, -0.15) is 0 Å². The van der Waals surface area contributed by atoms with Crippen molar-refractivity contribution in [3.8, 4) is 0 Å². The molecule has 0 aromatic heterocycles. The van der Waals surface area contributed by atoms with Gasteiger partial charge in [-0.15, -0.1) is 0 Å². The van der Waals surface area contributed by atoms with Crippen LogP contribution in [0.3, 0.4) is 0 Å². The Kier molecular flexibility index (Phi) is 4.65. The average Bonchev–Trinajstić information content (AvgIpc) is 2.60. The minimum absolute atomic E-state index is 0.234. The van der Waals surface area contributed by atoms with Gasteiger partial charge in [-0.1, -0.05) is 20.8 Å². The van der Waals surface area contributed by atoms with Gasteiger partial charge in [-0.05, 0) is 52.0 Å². The number of nitrogens with zero attached hydrogens (tertiary/aromatic N) is 1. The van der Waals surface area contributed by atoms with Crippen molar-refractivity contribution in [2.24, 2.45) is 11.3 Å². The molecule has 1 aliphatic rings. The lowest BCUT2D eigenvalue weighted by Crippen LogP contribution is -2.46. The van der Waals surface area contributed by atoms with Gasteiger partial charge in [0.25, 0.3) is 0 Å². The van der Waals surface area contributed by atoms with E-state index in [2.05, 4.69) is 58.7 Å². The summed E-state index contributed by atoms with van der Waals surface area (Å²) in [6.45, 7) is 19.8. The van der Waals surface area contributed by atoms with E-state index in [0.29, 0.717) is 11.5 Å². The van der Waals surface area contributed by atoms with E-state index in [9.17, 15) is 0 Å². The summed E-state index contributed by atoms with van der Waals surface area (Å²) in [5.41, 5.74) is 0.698. The smallest absolute Gasteiger partial charge is 0.0192 e. The molecule has 0 spiro atoms. The molecule has 0 bridgehead atoms. The third-order valence-corrected chi connectivity index (χ3v) is 4.00. The van der Waals surface area contributed by atoms with Gasteiger partial charge in [0, 0.05) is 24.7 Å². The van der Waals surface area contributed by atoms with E-state index in [0.717, 1.165) is 12.5 Å². The number of hydrogen-bond donors (Lipinski definition) is 1. The Hall–Kier alpha value is -0.0800. The number of nitrogens with one attached hydrogen (secondary N) is 1. The van der Waals surface area contributed by atoms with Crippen LogP contribution in [0.1, 0.15) is 54.9 Å². The van der Waals surface area contributed by atoms with Crippen LogP contribution in [0.5, 0.6) is 0 Å². The zero-order chi connectivity index (χ0) is 13.3. The average molecular weight is 240 g/mol. The molecule has 0 saturated carbocycles. The standard InChI is InChI=1S/C15H32N2/c1-12(10-16-15(5,6)7)17-9-8-13(11-17)14(2,3)4/h12-13,16H,8-11H2,1-7H3. The van der Waals surface area contributed by atoms with Crippen LogP contribution in [0.4, 0.5) is 0 Å². The lowest BCUT2D eigenvalue weighted by Gasteiger charge is -2.31. The van der Waals surface area contributed by atoms with Gasteiger partial charge >= 0.3 is 0 Å². The first kappa shape index (κ1) is 15.0. The van der Waals surface area contributed by atoms with Crippen LogP contribution in [-0.4, -0.2) is 36.1 Å². The SMILES string of the molecule is CC(CNC(C)(C)C)N1CCC(C(C)(C)C)C1. The van der Waals surface area contributed by atoms with Crippen molar-refractivity contribution >= 4 is 0 Å². The highest BCUT2D eigenvalue weighted by atomic mass is 15.2. The zero-order valence-electron chi connectivity index (χ0n) is 12.9. The van der Waals surface area contributed by atoms with Gasteiger partial charge in [-0.3, -0.25) is 4.90 Å². The van der Waals surface area contributed by atoms with E-state index >= 15 is 0 Å². The van der Waals surface area contributed by atoms with Crippen molar-refractivity contribution in [1.82, 2.24) is 10.2 Å². The predicted molar refractivity (Wildman–Crippen MR) is 76.4 cm³/mol. The molecule has 102 valence electrons. The molecular formula is C15H32N2. The summed E-state index contributed by atoms with van der Waals surface area (Å²) >= 11 is 0. The van der Waals surface area contributed by atoms with Gasteiger partial charge < -0.3 is 5.32 Å². The Balaban J connectivity index is 2.38. The van der Waals surface area contributed by atoms with Crippen LogP contribution in [-0.2, 0) is 0 Å². The summed E-state index contributed by atoms with van der Waals surface area (Å²) in [5, 5.41) is 3.61. The summed E-state index contributed by atoms with van der Waals surface area (Å²) in [7, 11) is 0. The van der Waals surface area contributed by atoms with Crippen molar-refractivity contribution in [2.45, 2.75) is 66.5 Å². The fourth-order valence-electron chi connectivity index (χ4n) is 2.48. The second kappa shape index (κ2) is 5.27. The number of rotatable bonds is 3. The van der Waals surface area contributed by atoms with E-state index < -0.39 is 0 Å². The van der Waals surface area contributed by atoms with Crippen LogP contribution in [0.15, 0.2) is 0 Å². The molecule has 2 nitrogen and oxygen atoms in total. The molecule has 0 radical (unpaired) electrons. The van der Waals surface area contributed by atoms with Crippen LogP contribution in [0.2, 0.25) is 0 Å². The maximum absolute atomic E-state index is 3.61. The van der Waals surface area contributed by atoms with E-state index in [4.69, 9.17) is 0 Å². The molecule has 1 rings (SSSR count). The lowest BCUT2D eigenvalue weighted by atomic mass is 9.80. The maximum atomic E-state index is 3.61. The highest BCUT2D eigenvalue weighted by Gasteiger charge is 2.33. The van der Waals surface area contributed by atoms with Crippen molar-refractivity contribution in [3.05, 3.63) is 0 Å². The predicted octanol–water partition coefficient (Wildman–Crippen LogP) is 3.13. The Labute approximate surface area is 108 Å². The minimum Gasteiger partial charge on any atom is -0.311 e. The molecule has 1 heterocycles. The third kappa shape index (κ3) is 4.97. The van der Waals surface area contributed by atoms with Crippen LogP contribution < -0.4 is 5.32 Å². The first-order chi connectivity index (χ1) is 7.59. The molecule has 0 aromatic rings. The van der Waals surface area contributed by atoms with Crippen molar-refractivity contribution < 1.29 is 0 Å². The Morgan fingerprint density at radius 2 is 1.76 bits per heavy atom. The van der Waals surface area contributed by atoms with E-state index in [-0.39, 0.29) is 5.54 Å². The van der Waals surface area contributed by atoms with Gasteiger partial charge in [0.15, 0.2) is 0 Å². The second-order valence-corrected chi connectivity index (χ2v) is 7.83. The molecule has 1 aliphatic heterocycles. The van der Waals surface area contributed by atoms with Gasteiger partial charge in [0.05, 0.1) is 0 Å². The molecule has 17 heavy (non-hydrogen) atoms. The molecule has 2 atom stereocenters. The quantitative estimate of drug-likeness (QED) is 0.815. The van der Waals surface area contributed by atoms with Crippen molar-refractivity contribution in [1.29, 1.82) is 0 Å². The molecular weight excluding hydrogens is 208 g/mol. The summed E-state index contributed by atoms with van der Waals surface area (Å²) in [4.78, 5) is 2.65. The van der Waals surface area contributed by atoms with E-state index in [1.807, 2.05) is 0 Å². The zero-order valence-corrected chi connectivity index (χ0v) is 12.9. The molecule has 1 fully saturated rings. The third-order valence-electron chi connectivity index (χ3n) is 4.00. The Bertz CT molecular complexity index is 234. The lowest BCUT2D eigenvalue weighted by molar-refractivity contribution is 0.193. The fourth-order valence-corrected chi connectivity index (χ4v) is 2.48. The van der Waals surface area contributed by atoms with E-state index in [1.165, 1.54) is 19.5 Å². The monoisotopic (exact) mass is 240 g/mol. The van der Waals surface area contributed by atoms with Crippen molar-refractivity contribution in [3.63, 3.8) is 0 Å². The molecule has 2 unspecified atom stereocenters. The summed E-state index contributed by atoms with van der Waals surface area (Å²) in [6, 6.07) is 0.654. The van der Waals surface area contributed by atoms with Crippen LogP contribution in [0, 0.1) is 11.3 Å². The number of likely N-dealkylation sites (tertiary alicyclic amines) is 1. The summed E-state index contributed by atoms with van der Waals surface area (Å²) in [5.74, 6) is 0.861. The van der Waals surface area contributed by atoms with Gasteiger partial charge in [0.2, 0.25) is 0 Å². The highest BCUT2D eigenvalue weighted by Crippen LogP contribution is 2.34. The topological polar surface area (TPSA) is 15.3 Å². The van der Waals surface area contributed by atoms with Gasteiger partial charge in [-0.25, -0.2) is 0 Å². The Morgan fingerprint density at radius 3 is 2.18 bits per heavy atom. The molecule has 0 amide bonds. The molecule has 2 heteroatoms. The number of hydrogen-bond acceptors (Lipinski definition) is 2. The van der Waals surface area contributed by atoms with E-state index in [1.54, 1.807) is 0 Å². The normalized spacial score (nSPS) is 25.2. The summed E-state index contributed by atoms with van der Waals surface area (Å²) < 4.78 is 0. The first-order valence-electron chi connectivity index (χ1n) is 7.08. The minimum atomic E-state index is 0.234. The molecule has 0 aliphatic carbocycles. The molecule has 1 N–H and O–H groups in total. The van der Waals surface area contributed by atoms with Gasteiger partial charge in [0.1, 0.15) is 0 Å². The fraction of sp³-hybridized carbons (Fsp3) is 1.00. The second-order valence-electron chi connectivity index (χ2n) is 7.83.